The number of rotatable bonds is 6. The second kappa shape index (κ2) is 8.75. The number of benzene rings is 2. The minimum Gasteiger partial charge on any atom is -0.494 e. The van der Waals surface area contributed by atoms with Crippen LogP contribution in [-0.2, 0) is 4.79 Å². The first-order valence-corrected chi connectivity index (χ1v) is 7.59. The largest absolute Gasteiger partial charge is 0.494 e. The van der Waals surface area contributed by atoms with Crippen LogP contribution in [0.4, 0.5) is 5.69 Å². The number of hydrogen-bond acceptors (Lipinski definition) is 4. The van der Waals surface area contributed by atoms with Gasteiger partial charge in [0.05, 0.1) is 6.61 Å². The van der Waals surface area contributed by atoms with E-state index in [0.717, 1.165) is 11.4 Å². The molecule has 0 aromatic heterocycles. The first-order chi connectivity index (χ1) is 11.2. The van der Waals surface area contributed by atoms with E-state index in [9.17, 15) is 4.79 Å². The molecule has 0 fully saturated rings. The van der Waals surface area contributed by atoms with E-state index in [1.165, 1.54) is 0 Å². The molecule has 0 aliphatic carbocycles. The number of thiocarbonyl (C=S) groups is 1. The Labute approximate surface area is 140 Å². The van der Waals surface area contributed by atoms with Crippen LogP contribution in [0.1, 0.15) is 6.92 Å². The molecule has 1 amide bonds. The smallest absolute Gasteiger partial charge is 0.264 e. The molecule has 2 aromatic rings. The Balaban J connectivity index is 1.76. The van der Waals surface area contributed by atoms with E-state index in [-0.39, 0.29) is 17.6 Å². The number of nitrogens with one attached hydrogen (secondary N) is 2. The minimum atomic E-state index is -0.322. The van der Waals surface area contributed by atoms with Crippen molar-refractivity contribution in [2.75, 3.05) is 18.5 Å². The van der Waals surface area contributed by atoms with Gasteiger partial charge in [0.15, 0.2) is 11.7 Å². The predicted octanol–water partition coefficient (Wildman–Crippen LogP) is 2.98. The molecule has 0 saturated carbocycles. The van der Waals surface area contributed by atoms with Crippen LogP contribution in [0.2, 0.25) is 0 Å². The summed E-state index contributed by atoms with van der Waals surface area (Å²) in [7, 11) is 0. The summed E-state index contributed by atoms with van der Waals surface area (Å²) in [5.74, 6) is 1.09. The highest BCUT2D eigenvalue weighted by atomic mass is 32.1. The van der Waals surface area contributed by atoms with Gasteiger partial charge in [-0.15, -0.1) is 0 Å². The van der Waals surface area contributed by atoms with Crippen LogP contribution in [0.25, 0.3) is 0 Å². The molecule has 23 heavy (non-hydrogen) atoms. The molecule has 0 atom stereocenters. The van der Waals surface area contributed by atoms with E-state index in [0.29, 0.717) is 12.4 Å². The van der Waals surface area contributed by atoms with Gasteiger partial charge in [0.2, 0.25) is 0 Å². The Hall–Kier alpha value is -2.60. The molecule has 0 aliphatic rings. The molecule has 5 nitrogen and oxygen atoms in total. The summed E-state index contributed by atoms with van der Waals surface area (Å²) in [6.45, 7) is 2.44. The third kappa shape index (κ3) is 5.96. The van der Waals surface area contributed by atoms with Gasteiger partial charge in [-0.3, -0.25) is 10.1 Å². The fourth-order valence-corrected chi connectivity index (χ4v) is 2.02. The normalized spacial score (nSPS) is 9.78. The Morgan fingerprint density at radius 2 is 1.65 bits per heavy atom. The van der Waals surface area contributed by atoms with Gasteiger partial charge in [0.25, 0.3) is 5.91 Å². The third-order valence-electron chi connectivity index (χ3n) is 2.79. The zero-order valence-corrected chi connectivity index (χ0v) is 13.6. The number of hydrogen-bond donors (Lipinski definition) is 2. The lowest BCUT2D eigenvalue weighted by Gasteiger charge is -2.11. The van der Waals surface area contributed by atoms with Gasteiger partial charge in [-0.25, -0.2) is 0 Å². The lowest BCUT2D eigenvalue weighted by atomic mass is 10.3. The van der Waals surface area contributed by atoms with Gasteiger partial charge < -0.3 is 14.8 Å². The molecule has 2 rings (SSSR count). The van der Waals surface area contributed by atoms with E-state index >= 15 is 0 Å². The van der Waals surface area contributed by atoms with Crippen molar-refractivity contribution < 1.29 is 14.3 Å². The fraction of sp³-hybridized carbons (Fsp3) is 0.176. The SMILES string of the molecule is CCOc1ccc(NC(=S)NC(=O)COc2ccccc2)cc1. The van der Waals surface area contributed by atoms with Crippen molar-refractivity contribution in [1.82, 2.24) is 5.32 Å². The highest BCUT2D eigenvalue weighted by Crippen LogP contribution is 2.15. The topological polar surface area (TPSA) is 59.6 Å². The Bertz CT molecular complexity index is 645. The molecule has 0 radical (unpaired) electrons. The second-order valence-corrected chi connectivity index (χ2v) is 4.97. The van der Waals surface area contributed by atoms with Crippen molar-refractivity contribution in [3.05, 3.63) is 54.6 Å². The molecule has 0 bridgehead atoms. The van der Waals surface area contributed by atoms with Crippen LogP contribution in [0.5, 0.6) is 11.5 Å². The molecule has 120 valence electrons. The summed E-state index contributed by atoms with van der Waals surface area (Å²) >= 11 is 5.10. The number of amides is 1. The van der Waals surface area contributed by atoms with Crippen LogP contribution in [0.3, 0.4) is 0 Å². The van der Waals surface area contributed by atoms with E-state index in [2.05, 4.69) is 10.6 Å². The fourth-order valence-electron chi connectivity index (χ4n) is 1.79. The maximum Gasteiger partial charge on any atom is 0.264 e. The molecule has 0 saturated heterocycles. The number of carbonyl (C=O) groups excluding carboxylic acids is 1. The third-order valence-corrected chi connectivity index (χ3v) is 2.99. The quantitative estimate of drug-likeness (QED) is 0.798. The average molecular weight is 330 g/mol. The standard InChI is InChI=1S/C17H18N2O3S/c1-2-21-15-10-8-13(9-11-15)18-17(23)19-16(20)12-22-14-6-4-3-5-7-14/h3-11H,2,12H2,1H3,(H2,18,19,20,23). The monoisotopic (exact) mass is 330 g/mol. The van der Waals surface area contributed by atoms with Crippen molar-refractivity contribution >= 4 is 28.9 Å². The Kier molecular flexibility index (Phi) is 6.38. The van der Waals surface area contributed by atoms with Crippen LogP contribution >= 0.6 is 12.2 Å². The Morgan fingerprint density at radius 3 is 2.30 bits per heavy atom. The maximum absolute atomic E-state index is 11.8. The number of para-hydroxylation sites is 1. The molecule has 0 unspecified atom stereocenters. The summed E-state index contributed by atoms with van der Waals surface area (Å²) in [5, 5.41) is 5.71. The van der Waals surface area contributed by atoms with Gasteiger partial charge in [0, 0.05) is 5.69 Å². The number of carbonyl (C=O) groups is 1. The van der Waals surface area contributed by atoms with E-state index in [4.69, 9.17) is 21.7 Å². The molecule has 6 heteroatoms. The predicted molar refractivity (Wildman–Crippen MR) is 93.9 cm³/mol. The molecule has 0 spiro atoms. The van der Waals surface area contributed by atoms with Crippen molar-refractivity contribution in [3.8, 4) is 11.5 Å². The van der Waals surface area contributed by atoms with E-state index in [1.54, 1.807) is 12.1 Å². The highest BCUT2D eigenvalue weighted by Gasteiger charge is 2.06. The lowest BCUT2D eigenvalue weighted by Crippen LogP contribution is -2.37. The first kappa shape index (κ1) is 16.8. The van der Waals surface area contributed by atoms with Gasteiger partial charge in [0.1, 0.15) is 11.5 Å². The average Bonchev–Trinajstić information content (AvgIpc) is 2.56. The van der Waals surface area contributed by atoms with Crippen LogP contribution in [0, 0.1) is 0 Å². The van der Waals surface area contributed by atoms with Gasteiger partial charge in [-0.05, 0) is 55.5 Å². The summed E-state index contributed by atoms with van der Waals surface area (Å²) < 4.78 is 10.7. The Morgan fingerprint density at radius 1 is 1.00 bits per heavy atom. The van der Waals surface area contributed by atoms with Crippen molar-refractivity contribution in [1.29, 1.82) is 0 Å². The summed E-state index contributed by atoms with van der Waals surface area (Å²) in [5.41, 5.74) is 0.766. The number of anilines is 1. The van der Waals surface area contributed by atoms with E-state index < -0.39 is 0 Å². The molecule has 2 aromatic carbocycles. The molecule has 0 heterocycles. The van der Waals surface area contributed by atoms with E-state index in [1.807, 2.05) is 49.4 Å². The zero-order valence-electron chi connectivity index (χ0n) is 12.7. The minimum absolute atomic E-state index is 0.102. The van der Waals surface area contributed by atoms with Gasteiger partial charge >= 0.3 is 0 Å². The second-order valence-electron chi connectivity index (χ2n) is 4.56. The summed E-state index contributed by atoms with van der Waals surface area (Å²) in [4.78, 5) is 11.8. The first-order valence-electron chi connectivity index (χ1n) is 7.19. The summed E-state index contributed by atoms with van der Waals surface area (Å²) in [6, 6.07) is 16.4. The number of ether oxygens (including phenoxy) is 2. The van der Waals surface area contributed by atoms with Crippen molar-refractivity contribution in [2.45, 2.75) is 6.92 Å². The van der Waals surface area contributed by atoms with Gasteiger partial charge in [-0.2, -0.15) is 0 Å². The molecular formula is C17H18N2O3S. The molecule has 0 aliphatic heterocycles. The van der Waals surface area contributed by atoms with Crippen LogP contribution in [-0.4, -0.2) is 24.2 Å². The summed E-state index contributed by atoms with van der Waals surface area (Å²) in [6.07, 6.45) is 0. The van der Waals surface area contributed by atoms with Gasteiger partial charge in [-0.1, -0.05) is 18.2 Å². The van der Waals surface area contributed by atoms with Crippen molar-refractivity contribution in [2.24, 2.45) is 0 Å². The zero-order chi connectivity index (χ0) is 16.5. The molecule has 2 N–H and O–H groups in total. The van der Waals surface area contributed by atoms with Crippen LogP contribution < -0.4 is 20.1 Å². The maximum atomic E-state index is 11.8. The van der Waals surface area contributed by atoms with Crippen LogP contribution in [0.15, 0.2) is 54.6 Å². The lowest BCUT2D eigenvalue weighted by molar-refractivity contribution is -0.121. The highest BCUT2D eigenvalue weighted by molar-refractivity contribution is 7.80. The van der Waals surface area contributed by atoms with Crippen molar-refractivity contribution in [3.63, 3.8) is 0 Å². The molecular weight excluding hydrogens is 312 g/mol.